The maximum absolute atomic E-state index is 13.3. The molecule has 0 bridgehead atoms. The van der Waals surface area contributed by atoms with E-state index in [2.05, 4.69) is 192 Å². The molecule has 8 atom stereocenters. The second-order valence-corrected chi connectivity index (χ2v) is 42.4. The van der Waals surface area contributed by atoms with Gasteiger partial charge >= 0.3 is 0 Å². The van der Waals surface area contributed by atoms with Crippen molar-refractivity contribution in [1.29, 1.82) is 0 Å². The minimum absolute atomic E-state index is 0.359. The summed E-state index contributed by atoms with van der Waals surface area (Å²) in [6, 6.07) is 28.6. The van der Waals surface area contributed by atoms with Gasteiger partial charge in [0.1, 0.15) is 6.17 Å². The summed E-state index contributed by atoms with van der Waals surface area (Å²) < 4.78 is 45.4. The predicted molar refractivity (Wildman–Crippen MR) is 470 cm³/mol. The molecule has 0 radical (unpaired) electrons. The lowest BCUT2D eigenvalue weighted by Gasteiger charge is -2.31. The number of aromatic nitrogens is 6. The van der Waals surface area contributed by atoms with Crippen molar-refractivity contribution < 1.29 is 17.9 Å². The molecule has 8 unspecified atom stereocenters. The van der Waals surface area contributed by atoms with Gasteiger partial charge in [-0.2, -0.15) is 0 Å². The number of hydrogen-bond acceptors (Lipinski definition) is 13. The van der Waals surface area contributed by atoms with E-state index in [0.29, 0.717) is 79.5 Å². The molecule has 13 nitrogen and oxygen atoms in total. The summed E-state index contributed by atoms with van der Waals surface area (Å²) in [6.45, 7) is 47.2. The zero-order valence-corrected chi connectivity index (χ0v) is 74.5. The SMILES string of the molecule is CC(C)c1cc(CN2CC3C(C2)C3(F)F)cc(C2CC2)n1.CC(C)c1cc(CN2CC3CC3C2)cc(C2CC2)n1.CC(C)c1cc(CN2CCC(F)C2)cc(C2CC2)n1.CC(C)c1cc(CN2CCC3(CC3)C2)cc(C2CC2)n1.CC(C)c1cc(CN2CCC3CC32)cc(C2CC2)n1.CC1CN(Cc2cc(C(C)C)nc(C3CC3)c2)CCO1. The van der Waals surface area contributed by atoms with Crippen LogP contribution in [0.4, 0.5) is 13.2 Å². The molecule has 12 heterocycles. The molecule has 1 spiro atoms. The Labute approximate surface area is 707 Å². The molecule has 118 heavy (non-hydrogen) atoms. The fourth-order valence-electron chi connectivity index (χ4n) is 19.9. The van der Waals surface area contributed by atoms with Gasteiger partial charge in [0.15, 0.2) is 0 Å². The second kappa shape index (κ2) is 35.9. The second-order valence-electron chi connectivity index (χ2n) is 42.4. The lowest BCUT2D eigenvalue weighted by molar-refractivity contribution is -0.0212. The Balaban J connectivity index is 0.000000101. The van der Waals surface area contributed by atoms with Gasteiger partial charge in [-0.25, -0.2) is 13.2 Å². The maximum Gasteiger partial charge on any atom is 0.257 e. The normalized spacial score (nSPS) is 27.3. The molecular weight excluding hydrogens is 1470 g/mol. The van der Waals surface area contributed by atoms with Crippen LogP contribution >= 0.6 is 0 Å². The number of rotatable bonds is 24. The Morgan fingerprint density at radius 1 is 0.347 bits per heavy atom. The minimum Gasteiger partial charge on any atom is -0.376 e. The molecule has 0 N–H and O–H groups in total. The van der Waals surface area contributed by atoms with E-state index in [1.54, 1.807) is 0 Å². The quantitative estimate of drug-likeness (QED) is 0.0575. The Morgan fingerprint density at radius 2 is 0.686 bits per heavy atom. The highest BCUT2D eigenvalue weighted by Crippen LogP contribution is 2.60. The van der Waals surface area contributed by atoms with Gasteiger partial charge in [0.2, 0.25) is 0 Å². The molecule has 16 fully saturated rings. The van der Waals surface area contributed by atoms with Crippen molar-refractivity contribution in [2.45, 2.75) is 347 Å². The van der Waals surface area contributed by atoms with Crippen molar-refractivity contribution in [3.63, 3.8) is 0 Å². The number of fused-ring (bicyclic) bond motifs is 3. The largest absolute Gasteiger partial charge is 0.376 e. The number of morpholine rings is 1. The summed E-state index contributed by atoms with van der Waals surface area (Å²) in [5.74, 6) is 7.35. The van der Waals surface area contributed by atoms with Crippen molar-refractivity contribution in [2.75, 3.05) is 78.6 Å². The summed E-state index contributed by atoms with van der Waals surface area (Å²) >= 11 is 0. The van der Waals surface area contributed by atoms with Crippen LogP contribution in [0, 0.1) is 35.0 Å². The number of ether oxygens (including phenoxy) is 1. The van der Waals surface area contributed by atoms with Crippen LogP contribution in [0.1, 0.15) is 385 Å². The van der Waals surface area contributed by atoms with Crippen molar-refractivity contribution in [1.82, 2.24) is 59.3 Å². The summed E-state index contributed by atoms with van der Waals surface area (Å²) in [7, 11) is 0. The number of alkyl halides is 3. The molecule has 0 aromatic carbocycles. The summed E-state index contributed by atoms with van der Waals surface area (Å²) in [4.78, 5) is 44.0. The summed E-state index contributed by atoms with van der Waals surface area (Å²) in [6.07, 6.45) is 25.0. The Kier molecular flexibility index (Phi) is 25.8. The van der Waals surface area contributed by atoms with Crippen LogP contribution in [0.3, 0.4) is 0 Å². The van der Waals surface area contributed by atoms with Gasteiger partial charge in [-0.05, 0) is 307 Å². The molecule has 6 aromatic rings. The van der Waals surface area contributed by atoms with Crippen LogP contribution in [-0.4, -0.2) is 162 Å². The average Bonchev–Trinajstić information content (AvgIpc) is 1.55. The van der Waals surface area contributed by atoms with Crippen LogP contribution in [0.2, 0.25) is 0 Å². The lowest BCUT2D eigenvalue weighted by atomic mass is 10.0. The van der Waals surface area contributed by atoms with Crippen LogP contribution < -0.4 is 0 Å². The van der Waals surface area contributed by atoms with Gasteiger partial charge in [-0.15, -0.1) is 0 Å². The van der Waals surface area contributed by atoms with Gasteiger partial charge in [0.05, 0.1) is 12.7 Å². The Bertz CT molecular complexity index is 4130. The van der Waals surface area contributed by atoms with E-state index in [-0.39, 0.29) is 11.8 Å². The summed E-state index contributed by atoms with van der Waals surface area (Å²) in [5.41, 5.74) is 24.6. The fraction of sp³-hybridized carbons (Fsp3) is 0.706. The van der Waals surface area contributed by atoms with E-state index in [4.69, 9.17) is 34.6 Å². The highest BCUT2D eigenvalue weighted by molar-refractivity contribution is 5.34. The molecular formula is C102H145F3N12O. The monoisotopic (exact) mass is 1610 g/mol. The number of piperidine rings is 3. The smallest absolute Gasteiger partial charge is 0.257 e. The van der Waals surface area contributed by atoms with Crippen LogP contribution in [0.15, 0.2) is 72.8 Å². The third kappa shape index (κ3) is 22.5. The molecule has 6 aromatic heterocycles. The van der Waals surface area contributed by atoms with E-state index >= 15 is 0 Å². The predicted octanol–water partition coefficient (Wildman–Crippen LogP) is 22.0. The molecule has 6 saturated heterocycles. The first kappa shape index (κ1) is 84.6. The fourth-order valence-corrected chi connectivity index (χ4v) is 19.9. The van der Waals surface area contributed by atoms with E-state index in [1.807, 2.05) is 0 Å². The topological polar surface area (TPSA) is 106 Å². The van der Waals surface area contributed by atoms with Crippen LogP contribution in [-0.2, 0) is 44.0 Å². The van der Waals surface area contributed by atoms with Gasteiger partial charge in [0.25, 0.3) is 5.92 Å². The highest BCUT2D eigenvalue weighted by atomic mass is 19.3. The zero-order chi connectivity index (χ0) is 82.0. The van der Waals surface area contributed by atoms with Crippen LogP contribution in [0.25, 0.3) is 0 Å². The third-order valence-electron chi connectivity index (χ3n) is 29.0. The number of nitrogens with zero attached hydrogens (tertiary/aromatic N) is 12. The van der Waals surface area contributed by atoms with Gasteiger partial charge in [-0.1, -0.05) is 83.1 Å². The van der Waals surface area contributed by atoms with Crippen LogP contribution in [0.5, 0.6) is 0 Å². The minimum atomic E-state index is -2.38. The van der Waals surface area contributed by atoms with Crippen molar-refractivity contribution in [2.24, 2.45) is 35.0 Å². The molecule has 22 rings (SSSR count). The van der Waals surface area contributed by atoms with E-state index in [1.165, 1.54) is 244 Å². The van der Waals surface area contributed by atoms with Gasteiger partial charge in [0, 0.05) is 220 Å². The first-order valence-corrected chi connectivity index (χ1v) is 47.7. The van der Waals surface area contributed by atoms with Crippen molar-refractivity contribution in [3.8, 4) is 0 Å². The average molecular weight is 1610 g/mol. The molecule has 6 aliphatic heterocycles. The number of pyridine rings is 6. The first-order chi connectivity index (χ1) is 56.7. The maximum atomic E-state index is 13.3. The number of hydrogen-bond donors (Lipinski definition) is 0. The molecule has 0 amide bonds. The molecule has 640 valence electrons. The van der Waals surface area contributed by atoms with E-state index in [0.717, 1.165) is 124 Å². The summed E-state index contributed by atoms with van der Waals surface area (Å²) in [5, 5.41) is 0. The zero-order valence-electron chi connectivity index (χ0n) is 74.5. The van der Waals surface area contributed by atoms with Gasteiger partial charge in [-0.3, -0.25) is 59.3 Å². The lowest BCUT2D eigenvalue weighted by Crippen LogP contribution is -2.40. The van der Waals surface area contributed by atoms with Crippen molar-refractivity contribution >= 4 is 0 Å². The highest BCUT2D eigenvalue weighted by Gasteiger charge is 2.71. The third-order valence-corrected chi connectivity index (χ3v) is 29.0. The van der Waals surface area contributed by atoms with E-state index in [9.17, 15) is 13.2 Å². The number of halogens is 3. The standard InChI is InChI=1S/C18H26N2.C17H22F2N2.C17H26N2O.2C17H24N2.C16H23FN2/c1-13(2)16-9-14(10-17(19-16)15-3-4-15)11-20-8-7-18(12-20)5-6-18;1-10(2)15-5-11(6-16(20-15)12-3-4-12)7-21-8-13-14(9-21)17(13,18)19;1-12(2)16-8-14(9-17(18-16)15-4-5-15)11-19-6-7-20-13(3)10-19;1-11(2)16-5-12(6-17(18-16)13-3-4-13)8-19-9-14-7-15(14)10-19;1-11(2)15-7-12(8-16(18-15)13-3-4-13)10-19-6-5-14-9-17(14)19;1-11(2)15-7-12(8-16(18-15)13-3-4-13)9-19-6-5-14(17)10-19/h9-10,13,15H,3-8,11-12H2,1-2H3;5-6,10,12-14H,3-4,7-9H2,1-2H3;8-9,12-13,15H,4-7,10-11H2,1-3H3;5-6,11,13-15H,3-4,7-10H2,1-2H3;7-8,11,13-14,17H,3-6,9-10H2,1-2H3;7-8,11,13-14H,3-6,9-10H2,1-2H3. The first-order valence-electron chi connectivity index (χ1n) is 47.7. The van der Waals surface area contributed by atoms with Gasteiger partial charge < -0.3 is 4.74 Å². The Morgan fingerprint density at radius 3 is 0.983 bits per heavy atom. The molecule has 16 heteroatoms. The Hall–Kier alpha value is -5.59. The molecule has 10 aliphatic carbocycles. The van der Waals surface area contributed by atoms with Crippen molar-refractivity contribution in [3.05, 3.63) is 175 Å². The van der Waals surface area contributed by atoms with E-state index < -0.39 is 12.1 Å². The molecule has 10 saturated carbocycles. The molecule has 16 aliphatic rings. The number of likely N-dealkylation sites (tertiary alicyclic amines) is 5.